The molecule has 13 nitrogen and oxygen atoms in total. The van der Waals surface area contributed by atoms with Gasteiger partial charge in [-0.05, 0) is 85.3 Å². The molecule has 0 saturated carbocycles. The van der Waals surface area contributed by atoms with Crippen LogP contribution in [0.1, 0.15) is 48.8 Å². The maximum absolute atomic E-state index is 14.8. The minimum absolute atomic E-state index is 0.0823. The van der Waals surface area contributed by atoms with Crippen molar-refractivity contribution in [2.24, 2.45) is 17.4 Å². The predicted octanol–water partition coefficient (Wildman–Crippen LogP) is 3.24. The van der Waals surface area contributed by atoms with Gasteiger partial charge in [-0.3, -0.25) is 24.0 Å². The van der Waals surface area contributed by atoms with Crippen LogP contribution < -0.4 is 32.7 Å². The number of hydrogen-bond donors (Lipinski definition) is 7. The topological polar surface area (TPSA) is 205 Å². The molecule has 4 atom stereocenters. The lowest BCUT2D eigenvalue weighted by molar-refractivity contribution is -0.143. The zero-order valence-electron chi connectivity index (χ0n) is 33.6. The third-order valence-corrected chi connectivity index (χ3v) is 11.3. The van der Waals surface area contributed by atoms with Gasteiger partial charge in [0.05, 0.1) is 0 Å². The van der Waals surface area contributed by atoms with Gasteiger partial charge in [-0.25, -0.2) is 0 Å². The fourth-order valence-electron chi connectivity index (χ4n) is 7.88. The number of carbonyl (C=O) groups excluding carboxylic acids is 5. The van der Waals surface area contributed by atoms with Crippen molar-refractivity contribution < 1.29 is 24.0 Å². The van der Waals surface area contributed by atoms with Crippen molar-refractivity contribution in [2.75, 3.05) is 26.7 Å². The molecule has 4 aromatic carbocycles. The molecular formula is C46H56N8O5. The van der Waals surface area contributed by atoms with E-state index in [4.69, 9.17) is 11.5 Å². The van der Waals surface area contributed by atoms with E-state index in [0.717, 1.165) is 38.4 Å². The van der Waals surface area contributed by atoms with Gasteiger partial charge in [-0.2, -0.15) is 0 Å². The molecule has 0 bridgehead atoms. The van der Waals surface area contributed by atoms with Gasteiger partial charge in [0.15, 0.2) is 0 Å². The van der Waals surface area contributed by atoms with Crippen LogP contribution in [0.3, 0.4) is 0 Å². The second kappa shape index (κ2) is 20.6. The molecule has 1 aromatic heterocycles. The summed E-state index contributed by atoms with van der Waals surface area (Å²) in [7, 11) is 1.66. The summed E-state index contributed by atoms with van der Waals surface area (Å²) in [5.41, 5.74) is 14.6. The Balaban J connectivity index is 1.31. The van der Waals surface area contributed by atoms with Crippen LogP contribution in [0.15, 0.2) is 103 Å². The number of amides is 5. The standard InChI is InChI=1S/C46H56N8O5/c1-54(46(59)33-20-23-49-24-21-33)41(27-31-18-19-32-13-5-6-14-34(32)25-31)45(58)53-40(28-35-29-50-37-16-8-7-15-36(35)37)44(57)52-39(26-30-11-3-2-4-12-30)43(56)51-38(42(48)55)17-9-10-22-47/h2-8,11-16,18-19,25,29,33,38-41,49-50H,9-10,17,20-24,26-28,47H2,1H3,(H2,48,55)(H,51,56)(H,52,57)(H,53,58)/t38-,39-,40+,41+/m0/s1. The number of piperidine rings is 1. The molecule has 0 unspecified atom stereocenters. The van der Waals surface area contributed by atoms with Gasteiger partial charge in [-0.15, -0.1) is 0 Å². The lowest BCUT2D eigenvalue weighted by Crippen LogP contribution is -2.59. The number of unbranched alkanes of at least 4 members (excludes halogenated alkanes) is 1. The lowest BCUT2D eigenvalue weighted by Gasteiger charge is -2.33. The van der Waals surface area contributed by atoms with E-state index in [1.54, 1.807) is 7.05 Å². The third kappa shape index (κ3) is 11.3. The van der Waals surface area contributed by atoms with Crippen molar-refractivity contribution in [3.63, 3.8) is 0 Å². The normalized spacial score (nSPS) is 15.2. The SMILES string of the molecule is CN(C(=O)C1CCNCC1)[C@H](Cc1ccc2ccccc2c1)C(=O)N[C@H](Cc1c[nH]c2ccccc12)C(=O)N[C@@H](Cc1ccccc1)C(=O)N[C@@H](CCCCN)C(N)=O. The average molecular weight is 801 g/mol. The smallest absolute Gasteiger partial charge is 0.243 e. The van der Waals surface area contributed by atoms with E-state index in [1.165, 1.54) is 4.90 Å². The number of nitrogens with zero attached hydrogens (tertiary/aromatic N) is 1. The van der Waals surface area contributed by atoms with E-state index in [0.29, 0.717) is 51.7 Å². The minimum Gasteiger partial charge on any atom is -0.368 e. The number of primary amides is 1. The Kier molecular flexibility index (Phi) is 14.8. The molecule has 1 aliphatic heterocycles. The molecule has 1 saturated heterocycles. The van der Waals surface area contributed by atoms with Crippen molar-refractivity contribution in [1.82, 2.24) is 31.2 Å². The summed E-state index contributed by atoms with van der Waals surface area (Å²) >= 11 is 0. The maximum Gasteiger partial charge on any atom is 0.243 e. The molecule has 0 spiro atoms. The number of benzene rings is 4. The van der Waals surface area contributed by atoms with Crippen LogP contribution in [0.2, 0.25) is 0 Å². The molecule has 5 aromatic rings. The maximum atomic E-state index is 14.8. The summed E-state index contributed by atoms with van der Waals surface area (Å²) < 4.78 is 0. The van der Waals surface area contributed by atoms with Crippen LogP contribution in [0.5, 0.6) is 0 Å². The second-order valence-corrected chi connectivity index (χ2v) is 15.5. The molecule has 13 heteroatoms. The lowest BCUT2D eigenvalue weighted by atomic mass is 9.94. The Bertz CT molecular complexity index is 2220. The summed E-state index contributed by atoms with van der Waals surface area (Å²) in [5.74, 6) is -2.74. The summed E-state index contributed by atoms with van der Waals surface area (Å²) in [6.07, 6.45) is 5.06. The molecule has 1 fully saturated rings. The van der Waals surface area contributed by atoms with Crippen molar-refractivity contribution in [3.8, 4) is 0 Å². The molecule has 0 radical (unpaired) electrons. The van der Waals surface area contributed by atoms with Crippen molar-refractivity contribution in [1.29, 1.82) is 0 Å². The summed E-state index contributed by atoms with van der Waals surface area (Å²) in [5, 5.41) is 15.0. The highest BCUT2D eigenvalue weighted by molar-refractivity contribution is 5.96. The zero-order valence-corrected chi connectivity index (χ0v) is 33.6. The van der Waals surface area contributed by atoms with E-state index in [9.17, 15) is 24.0 Å². The number of hydrogen-bond acceptors (Lipinski definition) is 7. The van der Waals surface area contributed by atoms with Crippen LogP contribution in [0.4, 0.5) is 0 Å². The van der Waals surface area contributed by atoms with Gasteiger partial charge in [0.1, 0.15) is 24.2 Å². The number of H-pyrrole nitrogens is 1. The van der Waals surface area contributed by atoms with Crippen molar-refractivity contribution >= 4 is 51.2 Å². The molecule has 0 aliphatic carbocycles. The van der Waals surface area contributed by atoms with Crippen molar-refractivity contribution in [2.45, 2.75) is 75.5 Å². The largest absolute Gasteiger partial charge is 0.368 e. The highest BCUT2D eigenvalue weighted by Crippen LogP contribution is 2.23. The number of aromatic amines is 1. The van der Waals surface area contributed by atoms with Crippen LogP contribution in [-0.4, -0.2) is 90.3 Å². The number of likely N-dealkylation sites (N-methyl/N-ethyl adjacent to an activating group) is 1. The van der Waals surface area contributed by atoms with Crippen LogP contribution in [0.25, 0.3) is 21.7 Å². The predicted molar refractivity (Wildman–Crippen MR) is 230 cm³/mol. The minimum atomic E-state index is -1.16. The van der Waals surface area contributed by atoms with Gasteiger partial charge >= 0.3 is 0 Å². The first-order valence-electron chi connectivity index (χ1n) is 20.6. The highest BCUT2D eigenvalue weighted by atomic mass is 16.2. The van der Waals surface area contributed by atoms with Gasteiger partial charge < -0.3 is 42.6 Å². The van der Waals surface area contributed by atoms with E-state index in [2.05, 4.69) is 26.3 Å². The number of carbonyl (C=O) groups is 5. The summed E-state index contributed by atoms with van der Waals surface area (Å²) in [4.78, 5) is 74.6. The highest BCUT2D eigenvalue weighted by Gasteiger charge is 2.35. The van der Waals surface area contributed by atoms with E-state index in [1.807, 2.05) is 103 Å². The molecule has 9 N–H and O–H groups in total. The Morgan fingerprint density at radius 1 is 0.712 bits per heavy atom. The van der Waals surface area contributed by atoms with Gasteiger partial charge in [0.2, 0.25) is 29.5 Å². The van der Waals surface area contributed by atoms with E-state index < -0.39 is 47.8 Å². The van der Waals surface area contributed by atoms with Crippen LogP contribution >= 0.6 is 0 Å². The molecule has 5 amide bonds. The number of para-hydroxylation sites is 1. The quantitative estimate of drug-likeness (QED) is 0.0621. The van der Waals surface area contributed by atoms with Gasteiger partial charge in [0, 0.05) is 49.3 Å². The average Bonchev–Trinajstić information content (AvgIpc) is 3.67. The number of nitrogens with one attached hydrogen (secondary N) is 5. The zero-order chi connectivity index (χ0) is 41.7. The first-order valence-corrected chi connectivity index (χ1v) is 20.6. The summed E-state index contributed by atoms with van der Waals surface area (Å²) in [6, 6.07) is 26.6. The first kappa shape index (κ1) is 42.6. The third-order valence-electron chi connectivity index (χ3n) is 11.3. The Labute approximate surface area is 345 Å². The Hall–Kier alpha value is -6.05. The van der Waals surface area contributed by atoms with Crippen molar-refractivity contribution in [3.05, 3.63) is 120 Å². The van der Waals surface area contributed by atoms with E-state index in [-0.39, 0.29) is 31.1 Å². The van der Waals surface area contributed by atoms with Gasteiger partial charge in [0.25, 0.3) is 0 Å². The number of rotatable bonds is 19. The fourth-order valence-corrected chi connectivity index (χ4v) is 7.88. The fraction of sp³-hybridized carbons (Fsp3) is 0.370. The second-order valence-electron chi connectivity index (χ2n) is 15.5. The first-order chi connectivity index (χ1) is 28.6. The number of nitrogens with two attached hydrogens (primary N) is 2. The molecule has 1 aliphatic rings. The van der Waals surface area contributed by atoms with Gasteiger partial charge in [-0.1, -0.05) is 91.0 Å². The molecule has 59 heavy (non-hydrogen) atoms. The van der Waals surface area contributed by atoms with Crippen LogP contribution in [-0.2, 0) is 43.2 Å². The molecule has 6 rings (SSSR count). The Morgan fingerprint density at radius 3 is 2.08 bits per heavy atom. The molecule has 2 heterocycles. The monoisotopic (exact) mass is 800 g/mol. The number of aromatic nitrogens is 1. The molecule has 310 valence electrons. The number of fused-ring (bicyclic) bond motifs is 2. The summed E-state index contributed by atoms with van der Waals surface area (Å²) in [6.45, 7) is 1.86. The Morgan fingerprint density at radius 2 is 1.36 bits per heavy atom. The van der Waals surface area contributed by atoms with E-state index >= 15 is 0 Å². The molecular weight excluding hydrogens is 745 g/mol. The van der Waals surface area contributed by atoms with Crippen LogP contribution in [0, 0.1) is 5.92 Å².